The second kappa shape index (κ2) is 6.90. The number of aromatic nitrogens is 7. The predicted octanol–water partition coefficient (Wildman–Crippen LogP) is 2.79. The molecule has 0 aliphatic heterocycles. The normalized spacial score (nSPS) is 11.4. The zero-order valence-corrected chi connectivity index (χ0v) is 17.0. The number of aryl methyl sites for hydroxylation is 1. The minimum atomic E-state index is -0.383. The van der Waals surface area contributed by atoms with Gasteiger partial charge in [-0.1, -0.05) is 0 Å². The van der Waals surface area contributed by atoms with Crippen LogP contribution in [0.5, 0.6) is 0 Å². The molecule has 156 valence electrons. The maximum Gasteiger partial charge on any atom is 0.212 e. The van der Waals surface area contributed by atoms with Gasteiger partial charge in [0.25, 0.3) is 0 Å². The van der Waals surface area contributed by atoms with E-state index in [-0.39, 0.29) is 5.82 Å². The lowest BCUT2D eigenvalue weighted by Gasteiger charge is -2.22. The minimum absolute atomic E-state index is 0.374. The number of imidazole rings is 1. The van der Waals surface area contributed by atoms with Crippen LogP contribution in [0.3, 0.4) is 0 Å². The summed E-state index contributed by atoms with van der Waals surface area (Å²) in [6, 6.07) is 1.81. The Balaban J connectivity index is 1.72. The number of rotatable bonds is 5. The summed E-state index contributed by atoms with van der Waals surface area (Å²) < 4.78 is 19.1. The van der Waals surface area contributed by atoms with Crippen molar-refractivity contribution in [1.29, 1.82) is 0 Å². The molecule has 4 heterocycles. The van der Waals surface area contributed by atoms with Gasteiger partial charge in [0.05, 0.1) is 36.0 Å². The Labute approximate surface area is 175 Å². The molecule has 0 atom stereocenters. The van der Waals surface area contributed by atoms with E-state index in [9.17, 15) is 4.79 Å². The van der Waals surface area contributed by atoms with Crippen molar-refractivity contribution in [3.63, 3.8) is 0 Å². The van der Waals surface area contributed by atoms with Crippen LogP contribution in [0.2, 0.25) is 0 Å². The molecular weight excluding hydrogens is 401 g/mol. The topological polar surface area (TPSA) is 109 Å². The van der Waals surface area contributed by atoms with Crippen LogP contribution in [-0.4, -0.2) is 47.8 Å². The molecule has 5 aromatic rings. The molecule has 5 rings (SSSR count). The number of fused-ring (bicyclic) bond motifs is 2. The molecular formula is C20H18FN9O. The lowest BCUT2D eigenvalue weighted by Crippen LogP contribution is -2.16. The van der Waals surface area contributed by atoms with Crippen molar-refractivity contribution < 1.29 is 9.18 Å². The van der Waals surface area contributed by atoms with Gasteiger partial charge in [-0.15, -0.1) is 0 Å². The largest absolute Gasteiger partial charge is 0.325 e. The van der Waals surface area contributed by atoms with Gasteiger partial charge >= 0.3 is 0 Å². The third-order valence-electron chi connectivity index (χ3n) is 5.34. The minimum Gasteiger partial charge on any atom is -0.325 e. The van der Waals surface area contributed by atoms with Gasteiger partial charge in [-0.2, -0.15) is 10.2 Å². The number of amides is 1. The summed E-state index contributed by atoms with van der Waals surface area (Å²) >= 11 is 0. The zero-order valence-electron chi connectivity index (χ0n) is 17.0. The second-order valence-electron chi connectivity index (χ2n) is 7.12. The van der Waals surface area contributed by atoms with Crippen LogP contribution in [0, 0.1) is 12.7 Å². The van der Waals surface area contributed by atoms with Crippen molar-refractivity contribution >= 4 is 40.3 Å². The molecule has 10 nitrogen and oxygen atoms in total. The van der Waals surface area contributed by atoms with Crippen molar-refractivity contribution in [3.8, 4) is 11.3 Å². The van der Waals surface area contributed by atoms with Crippen LogP contribution in [0.4, 0.5) is 21.7 Å². The van der Waals surface area contributed by atoms with Crippen molar-refractivity contribution in [2.75, 3.05) is 17.3 Å². The molecule has 2 N–H and O–H groups in total. The number of nitrogens with zero attached hydrogens (tertiary/aromatic N) is 7. The highest BCUT2D eigenvalue weighted by Gasteiger charge is 2.24. The van der Waals surface area contributed by atoms with E-state index in [1.807, 2.05) is 6.07 Å². The standard InChI is InChI=1S/C20H18FN9O/c1-11-17(13-8-30-9-14(23-10-31)26-15(30)7-22-13)12-6-24-27-19(12)20(18(11)21)28(2)16-4-5-25-29(16)3/h4-10H,1-3H3,(H,23,31)(H,24,27). The molecule has 0 saturated carbocycles. The van der Waals surface area contributed by atoms with Crippen LogP contribution >= 0.6 is 0 Å². The Morgan fingerprint density at radius 2 is 2.13 bits per heavy atom. The Morgan fingerprint density at radius 1 is 1.29 bits per heavy atom. The molecule has 0 radical (unpaired) electrons. The fraction of sp³-hybridized carbons (Fsp3) is 0.150. The van der Waals surface area contributed by atoms with Gasteiger partial charge in [0.15, 0.2) is 17.3 Å². The van der Waals surface area contributed by atoms with Crippen LogP contribution < -0.4 is 10.2 Å². The van der Waals surface area contributed by atoms with E-state index in [0.29, 0.717) is 45.9 Å². The fourth-order valence-corrected chi connectivity index (χ4v) is 3.87. The van der Waals surface area contributed by atoms with E-state index in [0.717, 1.165) is 11.2 Å². The average molecular weight is 419 g/mol. The Bertz CT molecular complexity index is 1450. The van der Waals surface area contributed by atoms with Crippen LogP contribution in [0.15, 0.2) is 37.1 Å². The third kappa shape index (κ3) is 2.81. The van der Waals surface area contributed by atoms with E-state index < -0.39 is 0 Å². The molecule has 0 bridgehead atoms. The number of anilines is 3. The summed E-state index contributed by atoms with van der Waals surface area (Å²) in [6.07, 6.45) is 8.87. The molecule has 0 aliphatic carbocycles. The van der Waals surface area contributed by atoms with Gasteiger partial charge in [-0.25, -0.2) is 9.37 Å². The molecule has 31 heavy (non-hydrogen) atoms. The number of halogens is 1. The number of hydrogen-bond donors (Lipinski definition) is 2. The lowest BCUT2D eigenvalue weighted by atomic mass is 9.99. The Hall–Kier alpha value is -4.28. The molecule has 0 unspecified atom stereocenters. The smallest absolute Gasteiger partial charge is 0.212 e. The summed E-state index contributed by atoms with van der Waals surface area (Å²) in [5.74, 6) is 0.750. The first-order chi connectivity index (χ1) is 15.0. The number of nitrogens with one attached hydrogen (secondary N) is 2. The molecule has 11 heteroatoms. The summed E-state index contributed by atoms with van der Waals surface area (Å²) in [7, 11) is 3.58. The molecule has 0 fully saturated rings. The first kappa shape index (κ1) is 18.7. The maximum absolute atomic E-state index is 15.7. The Kier molecular flexibility index (Phi) is 4.17. The van der Waals surface area contributed by atoms with Crippen LogP contribution in [-0.2, 0) is 11.8 Å². The van der Waals surface area contributed by atoms with E-state index >= 15 is 4.39 Å². The SMILES string of the molecule is Cc1c(F)c(N(C)c2ccnn2C)c2[nH]ncc2c1-c1cn2cc(NC=O)nc2cn1. The highest BCUT2D eigenvalue weighted by molar-refractivity contribution is 6.03. The van der Waals surface area contributed by atoms with Gasteiger partial charge in [0.2, 0.25) is 6.41 Å². The first-order valence-corrected chi connectivity index (χ1v) is 9.41. The van der Waals surface area contributed by atoms with Gasteiger partial charge in [0, 0.05) is 37.3 Å². The number of H-pyrrole nitrogens is 1. The fourth-order valence-electron chi connectivity index (χ4n) is 3.87. The summed E-state index contributed by atoms with van der Waals surface area (Å²) in [5, 5.41) is 14.5. The average Bonchev–Trinajstić information content (AvgIpc) is 3.48. The number of benzene rings is 1. The summed E-state index contributed by atoms with van der Waals surface area (Å²) in [5.41, 5.74) is 3.11. The molecule has 0 aliphatic rings. The van der Waals surface area contributed by atoms with Crippen molar-refractivity contribution in [1.82, 2.24) is 34.3 Å². The lowest BCUT2D eigenvalue weighted by molar-refractivity contribution is -0.105. The van der Waals surface area contributed by atoms with Gasteiger partial charge < -0.3 is 14.6 Å². The molecule has 1 amide bonds. The van der Waals surface area contributed by atoms with Crippen molar-refractivity contribution in [2.24, 2.45) is 7.05 Å². The highest BCUT2D eigenvalue weighted by atomic mass is 19.1. The Morgan fingerprint density at radius 3 is 2.87 bits per heavy atom. The second-order valence-corrected chi connectivity index (χ2v) is 7.12. The molecule has 1 aromatic carbocycles. The maximum atomic E-state index is 15.7. The van der Waals surface area contributed by atoms with Crippen LogP contribution in [0.1, 0.15) is 5.56 Å². The van der Waals surface area contributed by atoms with Crippen LogP contribution in [0.25, 0.3) is 27.8 Å². The number of hydrogen-bond acceptors (Lipinski definition) is 6. The van der Waals surface area contributed by atoms with E-state index in [4.69, 9.17) is 0 Å². The quantitative estimate of drug-likeness (QED) is 0.424. The molecule has 0 spiro atoms. The van der Waals surface area contributed by atoms with E-state index in [2.05, 4.69) is 30.6 Å². The number of carbonyl (C=O) groups excluding carboxylic acids is 1. The predicted molar refractivity (Wildman–Crippen MR) is 114 cm³/mol. The van der Waals surface area contributed by atoms with E-state index in [1.165, 1.54) is 0 Å². The molecule has 0 saturated heterocycles. The summed E-state index contributed by atoms with van der Waals surface area (Å²) in [4.78, 5) is 21.2. The summed E-state index contributed by atoms with van der Waals surface area (Å²) in [6.45, 7) is 1.72. The van der Waals surface area contributed by atoms with Gasteiger partial charge in [-0.05, 0) is 12.5 Å². The van der Waals surface area contributed by atoms with Crippen molar-refractivity contribution in [3.05, 3.63) is 48.4 Å². The molecule has 4 aromatic heterocycles. The monoisotopic (exact) mass is 419 g/mol. The number of aromatic amines is 1. The van der Waals surface area contributed by atoms with Crippen molar-refractivity contribution in [2.45, 2.75) is 6.92 Å². The number of carbonyl (C=O) groups is 1. The highest BCUT2D eigenvalue weighted by Crippen LogP contribution is 2.40. The van der Waals surface area contributed by atoms with Gasteiger partial charge in [-0.3, -0.25) is 19.6 Å². The zero-order chi connectivity index (χ0) is 21.7. The van der Waals surface area contributed by atoms with E-state index in [1.54, 1.807) is 66.0 Å². The third-order valence-corrected chi connectivity index (χ3v) is 5.34. The first-order valence-electron chi connectivity index (χ1n) is 9.41. The van der Waals surface area contributed by atoms with Gasteiger partial charge in [0.1, 0.15) is 11.5 Å².